The average molecular weight is 301 g/mol. The predicted molar refractivity (Wildman–Crippen MR) is 74.9 cm³/mol. The van der Waals surface area contributed by atoms with Gasteiger partial charge in [0.1, 0.15) is 24.8 Å². The first-order valence-electron chi connectivity index (χ1n) is 7.29. The summed E-state index contributed by atoms with van der Waals surface area (Å²) in [5, 5.41) is 2.78. The van der Waals surface area contributed by atoms with Gasteiger partial charge in [0, 0.05) is 5.92 Å². The lowest BCUT2D eigenvalue weighted by Gasteiger charge is -2.20. The zero-order valence-corrected chi connectivity index (χ0v) is 11.9. The largest absolute Gasteiger partial charge is 0.483 e. The Balaban J connectivity index is 1.61. The van der Waals surface area contributed by atoms with Crippen LogP contribution >= 0.6 is 0 Å². The lowest BCUT2D eigenvalue weighted by molar-refractivity contribution is 0.0927. The number of furan rings is 1. The van der Waals surface area contributed by atoms with Gasteiger partial charge in [0.15, 0.2) is 5.69 Å². The highest BCUT2D eigenvalue weighted by atomic mass is 16.6. The summed E-state index contributed by atoms with van der Waals surface area (Å²) in [6.07, 6.45) is 3.66. The van der Waals surface area contributed by atoms with Crippen molar-refractivity contribution >= 4 is 5.91 Å². The van der Waals surface area contributed by atoms with E-state index in [0.717, 1.165) is 12.8 Å². The number of fused-ring (bicyclic) bond motifs is 1. The van der Waals surface area contributed by atoms with E-state index in [2.05, 4.69) is 15.3 Å². The Hall–Kier alpha value is -2.57. The zero-order chi connectivity index (χ0) is 14.9. The fourth-order valence-corrected chi connectivity index (χ4v) is 2.30. The smallest absolute Gasteiger partial charge is 0.274 e. The Morgan fingerprint density at radius 3 is 2.91 bits per heavy atom. The number of carbonyl (C=O) groups is 1. The molecular formula is C15H15N3O4. The molecule has 114 valence electrons. The number of ether oxygens (including phenoxy) is 2. The van der Waals surface area contributed by atoms with Crippen LogP contribution in [0.25, 0.3) is 0 Å². The molecule has 0 bridgehead atoms. The van der Waals surface area contributed by atoms with Crippen molar-refractivity contribution in [2.75, 3.05) is 13.2 Å². The highest BCUT2D eigenvalue weighted by molar-refractivity contribution is 5.95. The fourth-order valence-electron chi connectivity index (χ4n) is 2.30. The molecule has 1 amide bonds. The minimum atomic E-state index is -0.317. The molecule has 0 atom stereocenters. The zero-order valence-electron chi connectivity index (χ0n) is 11.9. The Morgan fingerprint density at radius 1 is 1.27 bits per heavy atom. The maximum Gasteiger partial charge on any atom is 0.274 e. The van der Waals surface area contributed by atoms with E-state index < -0.39 is 0 Å². The van der Waals surface area contributed by atoms with Gasteiger partial charge in [-0.25, -0.2) is 4.98 Å². The predicted octanol–water partition coefficient (Wildman–Crippen LogP) is 1.65. The highest BCUT2D eigenvalue weighted by Crippen LogP contribution is 2.41. The Kier molecular flexibility index (Phi) is 3.17. The van der Waals surface area contributed by atoms with Gasteiger partial charge < -0.3 is 19.2 Å². The van der Waals surface area contributed by atoms with Gasteiger partial charge in [-0.2, -0.15) is 4.98 Å². The molecule has 2 aromatic heterocycles. The number of carbonyl (C=O) groups excluding carboxylic acids is 1. The van der Waals surface area contributed by atoms with Crippen molar-refractivity contribution < 1.29 is 18.7 Å². The van der Waals surface area contributed by atoms with Crippen LogP contribution in [0, 0.1) is 0 Å². The first-order chi connectivity index (χ1) is 10.8. The summed E-state index contributed by atoms with van der Waals surface area (Å²) in [6, 6.07) is 3.57. The van der Waals surface area contributed by atoms with Crippen molar-refractivity contribution in [1.29, 1.82) is 0 Å². The topological polar surface area (TPSA) is 86.5 Å². The van der Waals surface area contributed by atoms with E-state index in [1.54, 1.807) is 18.4 Å². The standard InChI is InChI=1S/C15H15N3O4/c19-14(16-8-10-2-1-5-20-10)11-12-15(22-7-6-21-12)18-13(17-11)9-3-4-9/h1-2,5,9H,3-4,6-8H2,(H,16,19). The molecule has 1 aliphatic heterocycles. The fraction of sp³-hybridized carbons (Fsp3) is 0.400. The number of nitrogens with one attached hydrogen (secondary N) is 1. The van der Waals surface area contributed by atoms with Crippen LogP contribution in [0.15, 0.2) is 22.8 Å². The number of hydrogen-bond acceptors (Lipinski definition) is 6. The van der Waals surface area contributed by atoms with Crippen LogP contribution in [0.4, 0.5) is 0 Å². The molecule has 0 aromatic carbocycles. The van der Waals surface area contributed by atoms with E-state index in [9.17, 15) is 4.79 Å². The quantitative estimate of drug-likeness (QED) is 0.924. The van der Waals surface area contributed by atoms with Crippen LogP contribution in [-0.4, -0.2) is 29.1 Å². The third-order valence-electron chi connectivity index (χ3n) is 3.58. The molecule has 2 aliphatic rings. The molecule has 7 heteroatoms. The van der Waals surface area contributed by atoms with E-state index in [4.69, 9.17) is 13.9 Å². The van der Waals surface area contributed by atoms with Crippen LogP contribution in [0.3, 0.4) is 0 Å². The molecule has 0 unspecified atom stereocenters. The minimum absolute atomic E-state index is 0.234. The molecule has 3 heterocycles. The molecule has 1 aliphatic carbocycles. The number of nitrogens with zero attached hydrogens (tertiary/aromatic N) is 2. The first kappa shape index (κ1) is 13.1. The van der Waals surface area contributed by atoms with Crippen LogP contribution < -0.4 is 14.8 Å². The molecule has 4 rings (SSSR count). The van der Waals surface area contributed by atoms with E-state index in [-0.39, 0.29) is 11.6 Å². The van der Waals surface area contributed by atoms with Gasteiger partial charge in [0.2, 0.25) is 5.75 Å². The highest BCUT2D eigenvalue weighted by Gasteiger charge is 2.32. The van der Waals surface area contributed by atoms with Crippen molar-refractivity contribution in [3.63, 3.8) is 0 Å². The molecule has 7 nitrogen and oxygen atoms in total. The van der Waals surface area contributed by atoms with Gasteiger partial charge in [-0.3, -0.25) is 4.79 Å². The third kappa shape index (κ3) is 2.49. The lowest BCUT2D eigenvalue weighted by Crippen LogP contribution is -2.27. The Bertz CT molecular complexity index is 695. The number of amides is 1. The number of rotatable bonds is 4. The summed E-state index contributed by atoms with van der Waals surface area (Å²) in [5.41, 5.74) is 0.234. The second-order valence-corrected chi connectivity index (χ2v) is 5.30. The van der Waals surface area contributed by atoms with Crippen LogP contribution in [0.2, 0.25) is 0 Å². The van der Waals surface area contributed by atoms with Gasteiger partial charge in [-0.05, 0) is 25.0 Å². The molecule has 1 saturated carbocycles. The van der Waals surface area contributed by atoms with Gasteiger partial charge in [-0.1, -0.05) is 0 Å². The molecule has 0 saturated heterocycles. The first-order valence-corrected chi connectivity index (χ1v) is 7.29. The normalized spacial score (nSPS) is 16.4. The summed E-state index contributed by atoms with van der Waals surface area (Å²) < 4.78 is 16.2. The van der Waals surface area contributed by atoms with Gasteiger partial charge in [0.05, 0.1) is 12.8 Å². The monoisotopic (exact) mass is 301 g/mol. The molecule has 2 aromatic rings. The summed E-state index contributed by atoms with van der Waals surface area (Å²) in [6.45, 7) is 1.11. The second kappa shape index (κ2) is 5.32. The summed E-state index contributed by atoms with van der Waals surface area (Å²) in [4.78, 5) is 21.2. The molecular weight excluding hydrogens is 286 g/mol. The van der Waals surface area contributed by atoms with Crippen molar-refractivity contribution in [3.05, 3.63) is 35.7 Å². The summed E-state index contributed by atoms with van der Waals surface area (Å²) >= 11 is 0. The second-order valence-electron chi connectivity index (χ2n) is 5.30. The van der Waals surface area contributed by atoms with Gasteiger partial charge >= 0.3 is 0 Å². The van der Waals surface area contributed by atoms with Gasteiger partial charge in [0.25, 0.3) is 11.8 Å². The van der Waals surface area contributed by atoms with Gasteiger partial charge in [-0.15, -0.1) is 0 Å². The molecule has 1 fully saturated rings. The van der Waals surface area contributed by atoms with E-state index >= 15 is 0 Å². The van der Waals surface area contributed by atoms with Crippen LogP contribution in [0.5, 0.6) is 11.6 Å². The average Bonchev–Trinajstić information content (AvgIpc) is 3.28. The van der Waals surface area contributed by atoms with Crippen molar-refractivity contribution in [2.45, 2.75) is 25.3 Å². The van der Waals surface area contributed by atoms with Crippen molar-refractivity contribution in [2.24, 2.45) is 0 Å². The van der Waals surface area contributed by atoms with E-state index in [1.807, 2.05) is 0 Å². The van der Waals surface area contributed by atoms with Crippen molar-refractivity contribution in [1.82, 2.24) is 15.3 Å². The number of aromatic nitrogens is 2. The third-order valence-corrected chi connectivity index (χ3v) is 3.58. The Labute approximate surface area is 126 Å². The van der Waals surface area contributed by atoms with E-state index in [1.165, 1.54) is 0 Å². The summed E-state index contributed by atoms with van der Waals surface area (Å²) in [7, 11) is 0. The van der Waals surface area contributed by atoms with Crippen LogP contribution in [0.1, 0.15) is 40.8 Å². The van der Waals surface area contributed by atoms with E-state index in [0.29, 0.717) is 48.9 Å². The lowest BCUT2D eigenvalue weighted by atomic mass is 10.3. The minimum Gasteiger partial charge on any atom is -0.483 e. The molecule has 0 radical (unpaired) electrons. The maximum atomic E-state index is 12.4. The SMILES string of the molecule is O=C(NCc1ccco1)c1nc(C2CC2)nc2c1OCCO2. The number of hydrogen-bond donors (Lipinski definition) is 1. The Morgan fingerprint density at radius 2 is 2.14 bits per heavy atom. The molecule has 0 spiro atoms. The summed E-state index contributed by atoms with van der Waals surface area (Å²) in [5.74, 6) is 2.04. The van der Waals surface area contributed by atoms with Crippen molar-refractivity contribution in [3.8, 4) is 11.6 Å². The molecule has 22 heavy (non-hydrogen) atoms. The molecule has 1 N–H and O–H groups in total. The van der Waals surface area contributed by atoms with Crippen LogP contribution in [-0.2, 0) is 6.54 Å². The maximum absolute atomic E-state index is 12.4.